The first kappa shape index (κ1) is 15.9. The summed E-state index contributed by atoms with van der Waals surface area (Å²) < 4.78 is 7.51. The van der Waals surface area contributed by atoms with Crippen LogP contribution in [0.4, 0.5) is 10.6 Å². The van der Waals surface area contributed by atoms with Gasteiger partial charge < -0.3 is 9.64 Å². The lowest BCUT2D eigenvalue weighted by atomic mass is 10.1. The molecule has 0 aliphatic carbocycles. The molecule has 0 atom stereocenters. The molecule has 7 nitrogen and oxygen atoms in total. The van der Waals surface area contributed by atoms with E-state index in [4.69, 9.17) is 10.00 Å². The highest BCUT2D eigenvalue weighted by Gasteiger charge is 2.31. The number of hydrogen-bond donors (Lipinski definition) is 1. The van der Waals surface area contributed by atoms with Crippen LogP contribution in [0.5, 0.6) is 5.75 Å². The first-order valence-electron chi connectivity index (χ1n) is 7.70. The third-order valence-corrected chi connectivity index (χ3v) is 3.69. The average Bonchev–Trinajstić information content (AvgIpc) is 2.89. The Morgan fingerprint density at radius 2 is 2.21 bits per heavy atom. The van der Waals surface area contributed by atoms with Gasteiger partial charge >= 0.3 is 6.03 Å². The van der Waals surface area contributed by atoms with Crippen LogP contribution in [-0.4, -0.2) is 32.9 Å². The molecule has 124 valence electrons. The van der Waals surface area contributed by atoms with Crippen LogP contribution in [0.25, 0.3) is 0 Å². The number of carbonyl (C=O) groups excluding carboxylic acids is 1. The fourth-order valence-corrected chi connectivity index (χ4v) is 2.71. The Bertz CT molecular complexity index is 790. The maximum atomic E-state index is 12.6. The number of ether oxygens (including phenoxy) is 1. The monoisotopic (exact) mass is 325 g/mol. The summed E-state index contributed by atoms with van der Waals surface area (Å²) in [7, 11) is 0. The lowest BCUT2D eigenvalue weighted by Gasteiger charge is -2.29. The highest BCUT2D eigenvalue weighted by molar-refractivity contribution is 5.88. The van der Waals surface area contributed by atoms with Gasteiger partial charge in [0.15, 0.2) is 5.82 Å². The van der Waals surface area contributed by atoms with Gasteiger partial charge in [-0.05, 0) is 19.9 Å². The van der Waals surface area contributed by atoms with E-state index in [0.29, 0.717) is 18.9 Å². The molecule has 0 unspecified atom stereocenters. The maximum Gasteiger partial charge on any atom is 0.323 e. The summed E-state index contributed by atoms with van der Waals surface area (Å²) in [5.41, 5.74) is 0.470. The predicted molar refractivity (Wildman–Crippen MR) is 88.4 cm³/mol. The average molecular weight is 325 g/mol. The summed E-state index contributed by atoms with van der Waals surface area (Å²) in [6.45, 7) is 4.97. The van der Waals surface area contributed by atoms with E-state index in [1.54, 1.807) is 17.2 Å². The van der Waals surface area contributed by atoms with Crippen LogP contribution in [0.3, 0.4) is 0 Å². The number of nitriles is 1. The van der Waals surface area contributed by atoms with E-state index < -0.39 is 5.60 Å². The molecule has 2 aromatic rings. The number of para-hydroxylation sites is 1. The molecule has 0 saturated carbocycles. The van der Waals surface area contributed by atoms with Crippen LogP contribution in [0, 0.1) is 11.3 Å². The summed E-state index contributed by atoms with van der Waals surface area (Å²) in [5, 5.41) is 15.6. The molecule has 0 fully saturated rings. The molecule has 2 amide bonds. The number of amides is 2. The van der Waals surface area contributed by atoms with Crippen molar-refractivity contribution in [2.24, 2.45) is 0 Å². The molecule has 0 bridgehead atoms. The molecule has 0 spiro atoms. The van der Waals surface area contributed by atoms with E-state index in [1.807, 2.05) is 44.2 Å². The Hall–Kier alpha value is -3.01. The van der Waals surface area contributed by atoms with E-state index >= 15 is 0 Å². The third kappa shape index (κ3) is 3.49. The molecular weight excluding hydrogens is 306 g/mol. The van der Waals surface area contributed by atoms with Gasteiger partial charge in [-0.25, -0.2) is 4.79 Å². The minimum Gasteiger partial charge on any atom is -0.486 e. The molecule has 24 heavy (non-hydrogen) atoms. The highest BCUT2D eigenvalue weighted by atomic mass is 16.5. The normalized spacial score (nSPS) is 15.6. The molecule has 1 N–H and O–H groups in total. The Morgan fingerprint density at radius 1 is 1.42 bits per heavy atom. The van der Waals surface area contributed by atoms with Gasteiger partial charge in [0.25, 0.3) is 0 Å². The number of anilines is 1. The second kappa shape index (κ2) is 6.24. The smallest absolute Gasteiger partial charge is 0.323 e. The minimum absolute atomic E-state index is 0.147. The van der Waals surface area contributed by atoms with Crippen LogP contribution in [0.2, 0.25) is 0 Å². The molecule has 7 heteroatoms. The van der Waals surface area contributed by atoms with Crippen LogP contribution in [-0.2, 0) is 13.1 Å². The second-order valence-electron chi connectivity index (χ2n) is 6.31. The molecule has 0 radical (unpaired) electrons. The fourth-order valence-electron chi connectivity index (χ4n) is 2.71. The van der Waals surface area contributed by atoms with Crippen molar-refractivity contribution in [3.8, 4) is 11.8 Å². The quantitative estimate of drug-likeness (QED) is 0.920. The zero-order valence-electron chi connectivity index (χ0n) is 13.7. The summed E-state index contributed by atoms with van der Waals surface area (Å²) >= 11 is 0. The van der Waals surface area contributed by atoms with Crippen molar-refractivity contribution in [2.45, 2.75) is 32.5 Å². The van der Waals surface area contributed by atoms with E-state index in [-0.39, 0.29) is 12.6 Å². The molecule has 0 saturated heterocycles. The Kier molecular flexibility index (Phi) is 4.13. The van der Waals surface area contributed by atoms with E-state index in [0.717, 1.165) is 11.3 Å². The van der Waals surface area contributed by atoms with Crippen molar-refractivity contribution in [3.05, 3.63) is 42.1 Å². The topological polar surface area (TPSA) is 83.2 Å². The zero-order chi connectivity index (χ0) is 17.2. The van der Waals surface area contributed by atoms with Gasteiger partial charge in [0.2, 0.25) is 0 Å². The van der Waals surface area contributed by atoms with E-state index in [1.165, 1.54) is 4.68 Å². The van der Waals surface area contributed by atoms with Crippen LogP contribution < -0.4 is 10.1 Å². The van der Waals surface area contributed by atoms with Crippen molar-refractivity contribution >= 4 is 11.8 Å². The Morgan fingerprint density at radius 3 is 3.00 bits per heavy atom. The van der Waals surface area contributed by atoms with Gasteiger partial charge in [-0.1, -0.05) is 18.2 Å². The molecule has 1 aromatic carbocycles. The van der Waals surface area contributed by atoms with Crippen molar-refractivity contribution in [2.75, 3.05) is 11.9 Å². The number of nitrogens with zero attached hydrogens (tertiary/aromatic N) is 4. The predicted octanol–water partition coefficient (Wildman–Crippen LogP) is 2.61. The summed E-state index contributed by atoms with van der Waals surface area (Å²) in [4.78, 5) is 14.3. The first-order chi connectivity index (χ1) is 11.5. The molecular formula is C17H19N5O2. The third-order valence-electron chi connectivity index (χ3n) is 3.69. The molecule has 2 heterocycles. The molecule has 1 aliphatic heterocycles. The summed E-state index contributed by atoms with van der Waals surface area (Å²) in [6.07, 6.45) is 1.66. The fraction of sp³-hybridized carbons (Fsp3) is 0.353. The summed E-state index contributed by atoms with van der Waals surface area (Å²) in [5.74, 6) is 1.22. The van der Waals surface area contributed by atoms with Crippen LogP contribution in [0.15, 0.2) is 36.5 Å². The largest absolute Gasteiger partial charge is 0.486 e. The van der Waals surface area contributed by atoms with E-state index in [2.05, 4.69) is 10.4 Å². The maximum absolute atomic E-state index is 12.6. The number of rotatable bonds is 2. The first-order valence-corrected chi connectivity index (χ1v) is 7.70. The molecule has 1 aliphatic rings. The Balaban J connectivity index is 1.77. The minimum atomic E-state index is -0.496. The molecule has 1 aromatic heterocycles. The van der Waals surface area contributed by atoms with Crippen molar-refractivity contribution in [1.82, 2.24) is 14.7 Å². The van der Waals surface area contributed by atoms with Gasteiger partial charge in [-0.15, -0.1) is 0 Å². The van der Waals surface area contributed by atoms with Gasteiger partial charge in [0, 0.05) is 17.8 Å². The highest BCUT2D eigenvalue weighted by Crippen LogP contribution is 2.29. The number of carbonyl (C=O) groups is 1. The second-order valence-corrected chi connectivity index (χ2v) is 6.31. The van der Waals surface area contributed by atoms with E-state index in [9.17, 15) is 4.79 Å². The number of aromatic nitrogens is 2. The zero-order valence-corrected chi connectivity index (χ0v) is 13.7. The number of benzene rings is 1. The number of hydrogen-bond acceptors (Lipinski definition) is 4. The van der Waals surface area contributed by atoms with Gasteiger partial charge in [-0.2, -0.15) is 10.4 Å². The van der Waals surface area contributed by atoms with Gasteiger partial charge in [0.1, 0.15) is 17.9 Å². The van der Waals surface area contributed by atoms with Crippen LogP contribution in [0.1, 0.15) is 19.4 Å². The van der Waals surface area contributed by atoms with Gasteiger partial charge in [-0.3, -0.25) is 10.00 Å². The van der Waals surface area contributed by atoms with Gasteiger partial charge in [0.05, 0.1) is 19.2 Å². The van der Waals surface area contributed by atoms with Crippen molar-refractivity contribution in [1.29, 1.82) is 5.26 Å². The Labute approximate surface area is 140 Å². The standard InChI is InChI=1S/C17H19N5O2/c1-17(2)12-21(11-13-5-3-4-6-14(13)24-17)16(23)19-15-7-9-22(20-15)10-8-18/h3-7,9H,10-12H2,1-2H3,(H,19,20,23). The van der Waals surface area contributed by atoms with Crippen LogP contribution >= 0.6 is 0 Å². The number of fused-ring (bicyclic) bond motifs is 1. The molecule has 3 rings (SSSR count). The summed E-state index contributed by atoms with van der Waals surface area (Å²) in [6, 6.07) is 11.2. The lowest BCUT2D eigenvalue weighted by Crippen LogP contribution is -2.44. The lowest BCUT2D eigenvalue weighted by molar-refractivity contribution is 0.0834. The van der Waals surface area contributed by atoms with Crippen molar-refractivity contribution < 1.29 is 9.53 Å². The SMILES string of the molecule is CC1(C)CN(C(=O)Nc2ccn(CC#N)n2)Cc2ccccc2O1. The number of nitrogens with one attached hydrogen (secondary N) is 1. The number of urea groups is 1. The van der Waals surface area contributed by atoms with Crippen molar-refractivity contribution in [3.63, 3.8) is 0 Å².